The van der Waals surface area contributed by atoms with Gasteiger partial charge in [-0.05, 0) is 63.6 Å². The third-order valence-electron chi connectivity index (χ3n) is 7.55. The number of hydrogen-bond donors (Lipinski definition) is 2. The van der Waals surface area contributed by atoms with Crippen molar-refractivity contribution in [3.63, 3.8) is 0 Å². The van der Waals surface area contributed by atoms with Crippen LogP contribution in [-0.4, -0.2) is 67.6 Å². The zero-order chi connectivity index (χ0) is 21.5. The summed E-state index contributed by atoms with van der Waals surface area (Å²) in [4.78, 5) is 9.57. The number of likely N-dealkylation sites (tertiary alicyclic amines) is 2. The molecule has 7 heteroatoms. The lowest BCUT2D eigenvalue weighted by molar-refractivity contribution is 0.150. The first-order chi connectivity index (χ1) is 15.2. The highest BCUT2D eigenvalue weighted by molar-refractivity contribution is 14.0. The van der Waals surface area contributed by atoms with E-state index in [1.807, 2.05) is 19.2 Å². The molecular formula is C25H41FIN5. The van der Waals surface area contributed by atoms with Crippen molar-refractivity contribution in [2.24, 2.45) is 10.9 Å². The summed E-state index contributed by atoms with van der Waals surface area (Å²) in [5.41, 5.74) is 0.808. The average molecular weight is 558 g/mol. The Morgan fingerprint density at radius 2 is 1.69 bits per heavy atom. The minimum Gasteiger partial charge on any atom is -0.356 e. The lowest BCUT2D eigenvalue weighted by Gasteiger charge is -2.37. The van der Waals surface area contributed by atoms with E-state index in [1.54, 1.807) is 12.1 Å². The molecule has 0 radical (unpaired) electrons. The largest absolute Gasteiger partial charge is 0.356 e. The highest BCUT2D eigenvalue weighted by atomic mass is 127. The van der Waals surface area contributed by atoms with Crippen molar-refractivity contribution in [2.75, 3.05) is 39.8 Å². The summed E-state index contributed by atoms with van der Waals surface area (Å²) < 4.78 is 13.9. The Bertz CT molecular complexity index is 708. The zero-order valence-corrected chi connectivity index (χ0v) is 21.9. The lowest BCUT2D eigenvalue weighted by atomic mass is 9.96. The van der Waals surface area contributed by atoms with Crippen LogP contribution in [0.5, 0.6) is 0 Å². The molecule has 2 N–H and O–H groups in total. The van der Waals surface area contributed by atoms with Gasteiger partial charge in [-0.15, -0.1) is 24.0 Å². The van der Waals surface area contributed by atoms with E-state index in [0.29, 0.717) is 12.0 Å². The third kappa shape index (κ3) is 7.29. The van der Waals surface area contributed by atoms with Gasteiger partial charge >= 0.3 is 0 Å². The Morgan fingerprint density at radius 3 is 2.34 bits per heavy atom. The van der Waals surface area contributed by atoms with Crippen LogP contribution >= 0.6 is 24.0 Å². The average Bonchev–Trinajstić information content (AvgIpc) is 3.34. The van der Waals surface area contributed by atoms with Crippen LogP contribution in [0.15, 0.2) is 29.3 Å². The second-order valence-electron chi connectivity index (χ2n) is 9.66. The minimum atomic E-state index is -0.0877. The van der Waals surface area contributed by atoms with Crippen LogP contribution in [-0.2, 0) is 6.54 Å². The predicted molar refractivity (Wildman–Crippen MR) is 141 cm³/mol. The Kier molecular flexibility index (Phi) is 10.5. The molecule has 5 nitrogen and oxygen atoms in total. The van der Waals surface area contributed by atoms with E-state index in [0.717, 1.165) is 56.6 Å². The highest BCUT2D eigenvalue weighted by Crippen LogP contribution is 2.26. The van der Waals surface area contributed by atoms with Crippen LogP contribution in [0.3, 0.4) is 0 Å². The van der Waals surface area contributed by atoms with Gasteiger partial charge in [-0.2, -0.15) is 0 Å². The van der Waals surface area contributed by atoms with Crippen LogP contribution in [0, 0.1) is 11.7 Å². The van der Waals surface area contributed by atoms with E-state index in [4.69, 9.17) is 0 Å². The molecule has 0 aromatic heterocycles. The van der Waals surface area contributed by atoms with Gasteiger partial charge in [0, 0.05) is 50.9 Å². The van der Waals surface area contributed by atoms with Gasteiger partial charge in [0.2, 0.25) is 0 Å². The number of nitrogens with one attached hydrogen (secondary N) is 2. The van der Waals surface area contributed by atoms with E-state index < -0.39 is 0 Å². The topological polar surface area (TPSA) is 42.9 Å². The maximum Gasteiger partial charge on any atom is 0.191 e. The van der Waals surface area contributed by atoms with E-state index in [1.165, 1.54) is 51.6 Å². The maximum absolute atomic E-state index is 13.9. The van der Waals surface area contributed by atoms with Crippen LogP contribution in [0.2, 0.25) is 0 Å². The minimum absolute atomic E-state index is 0. The van der Waals surface area contributed by atoms with Gasteiger partial charge in [0.1, 0.15) is 5.82 Å². The molecule has 0 spiro atoms. The van der Waals surface area contributed by atoms with E-state index in [9.17, 15) is 4.39 Å². The summed E-state index contributed by atoms with van der Waals surface area (Å²) in [5.74, 6) is 1.52. The Balaban J connectivity index is 0.00000289. The number of nitrogens with zero attached hydrogens (tertiary/aromatic N) is 3. The summed E-state index contributed by atoms with van der Waals surface area (Å²) in [7, 11) is 1.88. The molecule has 3 fully saturated rings. The number of hydrogen-bond acceptors (Lipinski definition) is 3. The quantitative estimate of drug-likeness (QED) is 0.312. The molecule has 180 valence electrons. The molecule has 2 heterocycles. The summed E-state index contributed by atoms with van der Waals surface area (Å²) in [6.45, 7) is 6.20. The molecule has 32 heavy (non-hydrogen) atoms. The second kappa shape index (κ2) is 13.1. The fraction of sp³-hybridized carbons (Fsp3) is 0.720. The SMILES string of the molecule is CN=C(NCC1CCN(Cc2ccccc2F)CC1)NC1CCN(C2CCCC2)CC1.I. The summed E-state index contributed by atoms with van der Waals surface area (Å²) in [6.07, 6.45) is 10.4. The van der Waals surface area contributed by atoms with Crippen molar-refractivity contribution < 1.29 is 4.39 Å². The van der Waals surface area contributed by atoms with E-state index in [-0.39, 0.29) is 29.8 Å². The molecular weight excluding hydrogens is 516 g/mol. The van der Waals surface area contributed by atoms with Gasteiger partial charge in [-0.1, -0.05) is 31.0 Å². The summed E-state index contributed by atoms with van der Waals surface area (Å²) >= 11 is 0. The maximum atomic E-state index is 13.9. The molecule has 0 bridgehead atoms. The number of aliphatic imine (C=N–C) groups is 1. The van der Waals surface area contributed by atoms with Crippen LogP contribution < -0.4 is 10.6 Å². The summed E-state index contributed by atoms with van der Waals surface area (Å²) in [5, 5.41) is 7.24. The molecule has 0 atom stereocenters. The molecule has 3 aliphatic rings. The molecule has 2 saturated heterocycles. The van der Waals surface area contributed by atoms with Crippen molar-refractivity contribution in [1.82, 2.24) is 20.4 Å². The van der Waals surface area contributed by atoms with Crippen molar-refractivity contribution >= 4 is 29.9 Å². The second-order valence-corrected chi connectivity index (χ2v) is 9.66. The molecule has 4 rings (SSSR count). The molecule has 1 aliphatic carbocycles. The third-order valence-corrected chi connectivity index (χ3v) is 7.55. The molecule has 1 saturated carbocycles. The first-order valence-corrected chi connectivity index (χ1v) is 12.4. The normalized spacial score (nSPS) is 22.6. The van der Waals surface area contributed by atoms with Crippen LogP contribution in [0.25, 0.3) is 0 Å². The van der Waals surface area contributed by atoms with Gasteiger partial charge in [0.15, 0.2) is 5.96 Å². The standard InChI is InChI=1S/C25H40FN5.HI/c1-27-25(29-22-12-16-31(17-13-22)23-7-3-4-8-23)28-18-20-10-14-30(15-11-20)19-21-6-2-5-9-24(21)26;/h2,5-6,9,20,22-23H,3-4,7-8,10-19H2,1H3,(H2,27,28,29);1H. The van der Waals surface area contributed by atoms with Gasteiger partial charge in [0.05, 0.1) is 0 Å². The fourth-order valence-electron chi connectivity index (χ4n) is 5.52. The molecule has 1 aromatic rings. The highest BCUT2D eigenvalue weighted by Gasteiger charge is 2.27. The van der Waals surface area contributed by atoms with Crippen LogP contribution in [0.1, 0.15) is 56.9 Å². The monoisotopic (exact) mass is 557 g/mol. The summed E-state index contributed by atoms with van der Waals surface area (Å²) in [6, 6.07) is 8.53. The van der Waals surface area contributed by atoms with Crippen molar-refractivity contribution in [2.45, 2.75) is 70.0 Å². The molecule has 0 amide bonds. The Hall–Kier alpha value is -0.930. The number of guanidine groups is 1. The van der Waals surface area contributed by atoms with Gasteiger partial charge in [0.25, 0.3) is 0 Å². The van der Waals surface area contributed by atoms with Gasteiger partial charge in [-0.25, -0.2) is 4.39 Å². The van der Waals surface area contributed by atoms with Crippen molar-refractivity contribution in [3.05, 3.63) is 35.6 Å². The van der Waals surface area contributed by atoms with E-state index >= 15 is 0 Å². The zero-order valence-electron chi connectivity index (χ0n) is 19.6. The Morgan fingerprint density at radius 1 is 1.00 bits per heavy atom. The predicted octanol–water partition coefficient (Wildman–Crippen LogP) is 4.23. The molecule has 2 aliphatic heterocycles. The fourth-order valence-corrected chi connectivity index (χ4v) is 5.52. The molecule has 0 unspecified atom stereocenters. The smallest absolute Gasteiger partial charge is 0.191 e. The first-order valence-electron chi connectivity index (χ1n) is 12.4. The number of rotatable bonds is 6. The van der Waals surface area contributed by atoms with Gasteiger partial charge in [-0.3, -0.25) is 9.89 Å². The number of halogens is 2. The number of benzene rings is 1. The lowest BCUT2D eigenvalue weighted by Crippen LogP contribution is -2.51. The Labute approximate surface area is 210 Å². The molecule has 1 aromatic carbocycles. The van der Waals surface area contributed by atoms with Crippen molar-refractivity contribution in [1.29, 1.82) is 0 Å². The van der Waals surface area contributed by atoms with E-state index in [2.05, 4.69) is 25.4 Å². The van der Waals surface area contributed by atoms with Crippen molar-refractivity contribution in [3.8, 4) is 0 Å². The number of piperidine rings is 2. The first kappa shape index (κ1) is 25.7. The van der Waals surface area contributed by atoms with Crippen LogP contribution in [0.4, 0.5) is 4.39 Å². The van der Waals surface area contributed by atoms with Gasteiger partial charge < -0.3 is 15.5 Å².